The maximum atomic E-state index is 9.69. The molecule has 0 aliphatic carbocycles. The molecule has 0 atom stereocenters. The highest BCUT2D eigenvalue weighted by atomic mass is 16.3. The molecule has 0 aromatic heterocycles. The number of phenols is 1. The Morgan fingerprint density at radius 3 is 2.47 bits per heavy atom. The zero-order chi connectivity index (χ0) is 11.3. The van der Waals surface area contributed by atoms with Crippen molar-refractivity contribution in [3.63, 3.8) is 0 Å². The fraction of sp³-hybridized carbons (Fsp3) is 0.500. The summed E-state index contributed by atoms with van der Waals surface area (Å²) >= 11 is 0. The Hall–Kier alpha value is -1.06. The van der Waals surface area contributed by atoms with Crippen LogP contribution in [0.3, 0.4) is 0 Å². The molecule has 0 amide bonds. The molecule has 5 N–H and O–H groups in total. The normalized spacial score (nSPS) is 10.9. The molecule has 84 valence electrons. The number of aryl methyl sites for hydroxylation is 1. The van der Waals surface area contributed by atoms with E-state index < -0.39 is 0 Å². The van der Waals surface area contributed by atoms with Gasteiger partial charge in [0.2, 0.25) is 0 Å². The Labute approximate surface area is 91.1 Å². The van der Waals surface area contributed by atoms with E-state index in [0.29, 0.717) is 24.8 Å². The van der Waals surface area contributed by atoms with Crippen molar-refractivity contribution in [2.24, 2.45) is 17.4 Å². The van der Waals surface area contributed by atoms with Crippen LogP contribution in [0.1, 0.15) is 17.5 Å². The first kappa shape index (κ1) is 12.0. The second kappa shape index (κ2) is 5.73. The summed E-state index contributed by atoms with van der Waals surface area (Å²) in [6.45, 7) is 3.24. The van der Waals surface area contributed by atoms with E-state index in [1.807, 2.05) is 19.1 Å². The smallest absolute Gasteiger partial charge is 0.119 e. The van der Waals surface area contributed by atoms with Gasteiger partial charge >= 0.3 is 0 Å². The van der Waals surface area contributed by atoms with Gasteiger partial charge in [-0.05, 0) is 56.0 Å². The van der Waals surface area contributed by atoms with Crippen molar-refractivity contribution in [1.82, 2.24) is 0 Å². The molecular weight excluding hydrogens is 188 g/mol. The van der Waals surface area contributed by atoms with Crippen LogP contribution in [0, 0.1) is 12.8 Å². The Bertz CT molecular complexity index is 288. The second-order valence-electron chi connectivity index (χ2n) is 3.95. The predicted molar refractivity (Wildman–Crippen MR) is 62.8 cm³/mol. The summed E-state index contributed by atoms with van der Waals surface area (Å²) in [6.07, 6.45) is 1.78. The van der Waals surface area contributed by atoms with E-state index in [0.717, 1.165) is 24.0 Å². The molecule has 15 heavy (non-hydrogen) atoms. The standard InChI is InChI=1S/C12H20N2O/c1-9-3-2-4-12(15)11(9)6-5-10(7-13)8-14/h2-4,10,15H,5-8,13-14H2,1H3. The van der Waals surface area contributed by atoms with Gasteiger partial charge in [-0.2, -0.15) is 0 Å². The van der Waals surface area contributed by atoms with Crippen molar-refractivity contribution < 1.29 is 5.11 Å². The summed E-state index contributed by atoms with van der Waals surface area (Å²) in [5.74, 6) is 0.729. The third-order valence-corrected chi connectivity index (χ3v) is 2.85. The van der Waals surface area contributed by atoms with Crippen LogP contribution in [0.2, 0.25) is 0 Å². The Morgan fingerprint density at radius 2 is 1.93 bits per heavy atom. The molecule has 0 heterocycles. The number of hydrogen-bond donors (Lipinski definition) is 3. The molecule has 1 rings (SSSR count). The number of aromatic hydroxyl groups is 1. The van der Waals surface area contributed by atoms with Crippen LogP contribution >= 0.6 is 0 Å². The van der Waals surface area contributed by atoms with Crippen LogP contribution in [-0.2, 0) is 6.42 Å². The van der Waals surface area contributed by atoms with Gasteiger partial charge in [-0.3, -0.25) is 0 Å². The quantitative estimate of drug-likeness (QED) is 0.680. The number of phenolic OH excluding ortho intramolecular Hbond substituents is 1. The molecule has 0 saturated carbocycles. The van der Waals surface area contributed by atoms with Gasteiger partial charge < -0.3 is 16.6 Å². The third kappa shape index (κ3) is 3.22. The molecular formula is C12H20N2O. The van der Waals surface area contributed by atoms with Gasteiger partial charge in [0.1, 0.15) is 5.75 Å². The average molecular weight is 208 g/mol. The van der Waals surface area contributed by atoms with Gasteiger partial charge in [-0.25, -0.2) is 0 Å². The van der Waals surface area contributed by atoms with Crippen LogP contribution in [0.4, 0.5) is 0 Å². The Balaban J connectivity index is 2.64. The van der Waals surface area contributed by atoms with Gasteiger partial charge in [0.15, 0.2) is 0 Å². The van der Waals surface area contributed by atoms with Gasteiger partial charge in [0.05, 0.1) is 0 Å². The molecule has 1 aromatic carbocycles. The Kier molecular flexibility index (Phi) is 4.59. The zero-order valence-electron chi connectivity index (χ0n) is 9.24. The van der Waals surface area contributed by atoms with E-state index in [-0.39, 0.29) is 0 Å². The highest BCUT2D eigenvalue weighted by molar-refractivity contribution is 5.38. The molecule has 0 unspecified atom stereocenters. The summed E-state index contributed by atoms with van der Waals surface area (Å²) in [7, 11) is 0. The van der Waals surface area contributed by atoms with Crippen molar-refractivity contribution in [2.45, 2.75) is 19.8 Å². The predicted octanol–water partition coefficient (Wildman–Crippen LogP) is 1.17. The molecule has 1 aromatic rings. The van der Waals surface area contributed by atoms with Crippen molar-refractivity contribution in [3.8, 4) is 5.75 Å². The molecule has 0 aliphatic heterocycles. The average Bonchev–Trinajstić information content (AvgIpc) is 2.23. The minimum Gasteiger partial charge on any atom is -0.508 e. The van der Waals surface area contributed by atoms with Crippen molar-refractivity contribution in [3.05, 3.63) is 29.3 Å². The van der Waals surface area contributed by atoms with Gasteiger partial charge in [0, 0.05) is 0 Å². The molecule has 0 spiro atoms. The van der Waals surface area contributed by atoms with E-state index >= 15 is 0 Å². The molecule has 3 nitrogen and oxygen atoms in total. The molecule has 0 bridgehead atoms. The topological polar surface area (TPSA) is 72.3 Å². The first-order valence-corrected chi connectivity index (χ1v) is 5.36. The lowest BCUT2D eigenvalue weighted by atomic mass is 9.96. The van der Waals surface area contributed by atoms with Crippen molar-refractivity contribution >= 4 is 0 Å². The summed E-state index contributed by atoms with van der Waals surface area (Å²) < 4.78 is 0. The monoisotopic (exact) mass is 208 g/mol. The van der Waals surface area contributed by atoms with Crippen LogP contribution in [0.25, 0.3) is 0 Å². The molecule has 0 aliphatic rings. The fourth-order valence-corrected chi connectivity index (χ4v) is 1.69. The summed E-state index contributed by atoms with van der Waals surface area (Å²) in [5.41, 5.74) is 13.3. The van der Waals surface area contributed by atoms with Crippen molar-refractivity contribution in [2.75, 3.05) is 13.1 Å². The van der Waals surface area contributed by atoms with E-state index in [1.54, 1.807) is 6.07 Å². The maximum absolute atomic E-state index is 9.69. The summed E-state index contributed by atoms with van der Waals surface area (Å²) in [5, 5.41) is 9.69. The highest BCUT2D eigenvalue weighted by Crippen LogP contribution is 2.22. The first-order valence-electron chi connectivity index (χ1n) is 5.36. The summed E-state index contributed by atoms with van der Waals surface area (Å²) in [4.78, 5) is 0. The van der Waals surface area contributed by atoms with Crippen LogP contribution in [-0.4, -0.2) is 18.2 Å². The highest BCUT2D eigenvalue weighted by Gasteiger charge is 2.08. The minimum absolute atomic E-state index is 0.351. The van der Waals surface area contributed by atoms with Crippen LogP contribution in [0.15, 0.2) is 18.2 Å². The van der Waals surface area contributed by atoms with Gasteiger partial charge in [0.25, 0.3) is 0 Å². The number of hydrogen-bond acceptors (Lipinski definition) is 3. The van der Waals surface area contributed by atoms with Crippen LogP contribution < -0.4 is 11.5 Å². The maximum Gasteiger partial charge on any atom is 0.119 e. The van der Waals surface area contributed by atoms with Gasteiger partial charge in [-0.15, -0.1) is 0 Å². The van der Waals surface area contributed by atoms with Crippen molar-refractivity contribution in [1.29, 1.82) is 0 Å². The fourth-order valence-electron chi connectivity index (χ4n) is 1.69. The first-order chi connectivity index (χ1) is 7.19. The molecule has 0 saturated heterocycles. The lowest BCUT2D eigenvalue weighted by Crippen LogP contribution is -2.23. The van der Waals surface area contributed by atoms with E-state index in [2.05, 4.69) is 0 Å². The number of benzene rings is 1. The molecule has 3 heteroatoms. The zero-order valence-corrected chi connectivity index (χ0v) is 9.24. The van der Waals surface area contributed by atoms with Gasteiger partial charge in [-0.1, -0.05) is 12.1 Å². The molecule has 0 radical (unpaired) electrons. The Morgan fingerprint density at radius 1 is 1.27 bits per heavy atom. The lowest BCUT2D eigenvalue weighted by molar-refractivity contribution is 0.456. The van der Waals surface area contributed by atoms with E-state index in [1.165, 1.54) is 0 Å². The van der Waals surface area contributed by atoms with E-state index in [4.69, 9.17) is 11.5 Å². The second-order valence-corrected chi connectivity index (χ2v) is 3.95. The lowest BCUT2D eigenvalue weighted by Gasteiger charge is -2.13. The summed E-state index contributed by atoms with van der Waals surface area (Å²) in [6, 6.07) is 5.59. The minimum atomic E-state index is 0.351. The number of rotatable bonds is 5. The SMILES string of the molecule is Cc1cccc(O)c1CCC(CN)CN. The molecule has 0 fully saturated rings. The van der Waals surface area contributed by atoms with Crippen LogP contribution in [0.5, 0.6) is 5.75 Å². The van der Waals surface area contributed by atoms with E-state index in [9.17, 15) is 5.11 Å². The number of nitrogens with two attached hydrogens (primary N) is 2. The third-order valence-electron chi connectivity index (χ3n) is 2.85. The largest absolute Gasteiger partial charge is 0.508 e.